The maximum Gasteiger partial charge on any atom is 0.342 e. The SMILES string of the molecule is CCOC(=O)c1c(C)n(-c2ccccc2)c2c1nnc1ccccc12. The van der Waals surface area contributed by atoms with E-state index in [1.807, 2.05) is 61.5 Å². The quantitative estimate of drug-likeness (QED) is 0.531. The van der Waals surface area contributed by atoms with E-state index < -0.39 is 0 Å². The minimum absolute atomic E-state index is 0.317. The second-order valence-electron chi connectivity index (χ2n) is 5.77. The zero-order valence-electron chi connectivity index (χ0n) is 14.1. The predicted octanol–water partition coefficient (Wildman–Crippen LogP) is 4.06. The largest absolute Gasteiger partial charge is 0.462 e. The van der Waals surface area contributed by atoms with Crippen LogP contribution in [0.1, 0.15) is 23.0 Å². The molecule has 0 atom stereocenters. The van der Waals surface area contributed by atoms with Crippen LogP contribution in [0.25, 0.3) is 27.6 Å². The molecule has 0 saturated heterocycles. The van der Waals surface area contributed by atoms with E-state index in [-0.39, 0.29) is 5.97 Å². The first-order valence-electron chi connectivity index (χ1n) is 8.21. The molecular weight excluding hydrogens is 314 g/mol. The van der Waals surface area contributed by atoms with E-state index in [4.69, 9.17) is 4.74 Å². The van der Waals surface area contributed by atoms with Crippen LogP contribution in [0.15, 0.2) is 54.6 Å². The lowest BCUT2D eigenvalue weighted by molar-refractivity contribution is 0.0527. The number of ether oxygens (including phenoxy) is 1. The molecule has 5 nitrogen and oxygen atoms in total. The van der Waals surface area contributed by atoms with Gasteiger partial charge in [-0.25, -0.2) is 4.79 Å². The van der Waals surface area contributed by atoms with Gasteiger partial charge in [-0.05, 0) is 32.0 Å². The van der Waals surface area contributed by atoms with Crippen LogP contribution in [-0.4, -0.2) is 27.3 Å². The molecule has 0 amide bonds. The second-order valence-corrected chi connectivity index (χ2v) is 5.77. The number of carbonyl (C=O) groups excluding carboxylic acids is 1. The number of hydrogen-bond acceptors (Lipinski definition) is 4. The smallest absolute Gasteiger partial charge is 0.342 e. The van der Waals surface area contributed by atoms with Crippen molar-refractivity contribution in [3.63, 3.8) is 0 Å². The Balaban J connectivity index is 2.17. The minimum Gasteiger partial charge on any atom is -0.462 e. The number of rotatable bonds is 3. The molecule has 5 heteroatoms. The Kier molecular flexibility index (Phi) is 3.69. The van der Waals surface area contributed by atoms with Gasteiger partial charge in [-0.3, -0.25) is 0 Å². The molecule has 0 aliphatic heterocycles. The van der Waals surface area contributed by atoms with Gasteiger partial charge in [-0.2, -0.15) is 0 Å². The van der Waals surface area contributed by atoms with Crippen molar-refractivity contribution >= 4 is 27.9 Å². The van der Waals surface area contributed by atoms with Gasteiger partial charge in [0.25, 0.3) is 0 Å². The zero-order chi connectivity index (χ0) is 17.4. The van der Waals surface area contributed by atoms with Gasteiger partial charge in [-0.15, -0.1) is 10.2 Å². The van der Waals surface area contributed by atoms with E-state index in [9.17, 15) is 4.79 Å². The molecule has 0 aliphatic carbocycles. The van der Waals surface area contributed by atoms with Crippen molar-refractivity contribution in [2.75, 3.05) is 6.61 Å². The van der Waals surface area contributed by atoms with Crippen molar-refractivity contribution in [2.24, 2.45) is 0 Å². The molecule has 0 spiro atoms. The fourth-order valence-electron chi connectivity index (χ4n) is 3.23. The molecular formula is C20H17N3O2. The Bertz CT molecular complexity index is 1080. The minimum atomic E-state index is -0.371. The van der Waals surface area contributed by atoms with Crippen LogP contribution in [0.3, 0.4) is 0 Å². The molecule has 2 heterocycles. The molecule has 0 fully saturated rings. The lowest BCUT2D eigenvalue weighted by Crippen LogP contribution is -2.07. The molecule has 124 valence electrons. The Hall–Kier alpha value is -3.21. The van der Waals surface area contributed by atoms with E-state index >= 15 is 0 Å². The van der Waals surface area contributed by atoms with Crippen LogP contribution in [0, 0.1) is 6.92 Å². The van der Waals surface area contributed by atoms with Crippen LogP contribution < -0.4 is 0 Å². The Morgan fingerprint density at radius 2 is 1.76 bits per heavy atom. The average molecular weight is 331 g/mol. The molecule has 4 aromatic rings. The Morgan fingerprint density at radius 1 is 1.04 bits per heavy atom. The van der Waals surface area contributed by atoms with Gasteiger partial charge < -0.3 is 9.30 Å². The van der Waals surface area contributed by atoms with Crippen LogP contribution in [-0.2, 0) is 4.74 Å². The highest BCUT2D eigenvalue weighted by Gasteiger charge is 2.25. The van der Waals surface area contributed by atoms with Crippen molar-refractivity contribution < 1.29 is 9.53 Å². The molecule has 0 unspecified atom stereocenters. The van der Waals surface area contributed by atoms with E-state index in [0.29, 0.717) is 17.7 Å². The van der Waals surface area contributed by atoms with Crippen molar-refractivity contribution in [3.05, 3.63) is 65.9 Å². The average Bonchev–Trinajstić information content (AvgIpc) is 2.95. The summed E-state index contributed by atoms with van der Waals surface area (Å²) in [4.78, 5) is 12.6. The zero-order valence-corrected chi connectivity index (χ0v) is 14.1. The van der Waals surface area contributed by atoms with Crippen LogP contribution >= 0.6 is 0 Å². The number of carbonyl (C=O) groups is 1. The summed E-state index contributed by atoms with van der Waals surface area (Å²) >= 11 is 0. The van der Waals surface area contributed by atoms with Gasteiger partial charge in [0.2, 0.25) is 0 Å². The number of benzene rings is 2. The van der Waals surface area contributed by atoms with Gasteiger partial charge in [0.05, 0.1) is 17.6 Å². The molecule has 0 N–H and O–H groups in total. The first-order chi connectivity index (χ1) is 12.2. The highest BCUT2D eigenvalue weighted by Crippen LogP contribution is 2.32. The summed E-state index contributed by atoms with van der Waals surface area (Å²) in [5.41, 5.74) is 4.47. The van der Waals surface area contributed by atoms with Gasteiger partial charge in [0.15, 0.2) is 0 Å². The summed E-state index contributed by atoms with van der Waals surface area (Å²) in [5.74, 6) is -0.371. The third-order valence-electron chi connectivity index (χ3n) is 4.29. The molecule has 4 rings (SSSR count). The summed E-state index contributed by atoms with van der Waals surface area (Å²) in [6, 6.07) is 17.7. The highest BCUT2D eigenvalue weighted by atomic mass is 16.5. The number of fused-ring (bicyclic) bond motifs is 3. The first-order valence-corrected chi connectivity index (χ1v) is 8.21. The van der Waals surface area contributed by atoms with Gasteiger partial charge in [0.1, 0.15) is 11.1 Å². The molecule has 0 bridgehead atoms. The molecule has 25 heavy (non-hydrogen) atoms. The number of esters is 1. The van der Waals surface area contributed by atoms with E-state index in [1.54, 1.807) is 6.92 Å². The van der Waals surface area contributed by atoms with Crippen molar-refractivity contribution in [1.29, 1.82) is 0 Å². The molecule has 0 aliphatic rings. The fourth-order valence-corrected chi connectivity index (χ4v) is 3.23. The number of para-hydroxylation sites is 1. The third kappa shape index (κ3) is 2.36. The fraction of sp³-hybridized carbons (Fsp3) is 0.150. The van der Waals surface area contributed by atoms with E-state index in [0.717, 1.165) is 27.8 Å². The molecule has 0 radical (unpaired) electrons. The van der Waals surface area contributed by atoms with Crippen LogP contribution in [0.4, 0.5) is 0 Å². The van der Waals surface area contributed by atoms with Crippen LogP contribution in [0.2, 0.25) is 0 Å². The van der Waals surface area contributed by atoms with Gasteiger partial charge in [-0.1, -0.05) is 36.4 Å². The monoisotopic (exact) mass is 331 g/mol. The maximum atomic E-state index is 12.6. The third-order valence-corrected chi connectivity index (χ3v) is 4.29. The summed E-state index contributed by atoms with van der Waals surface area (Å²) in [6.07, 6.45) is 0. The summed E-state index contributed by atoms with van der Waals surface area (Å²) in [7, 11) is 0. The van der Waals surface area contributed by atoms with E-state index in [2.05, 4.69) is 14.8 Å². The highest BCUT2D eigenvalue weighted by molar-refractivity contribution is 6.12. The summed E-state index contributed by atoms with van der Waals surface area (Å²) in [5, 5.41) is 9.59. The lowest BCUT2D eigenvalue weighted by Gasteiger charge is -2.09. The lowest BCUT2D eigenvalue weighted by atomic mass is 10.1. The number of nitrogens with zero attached hydrogens (tertiary/aromatic N) is 3. The number of hydrogen-bond donors (Lipinski definition) is 0. The molecule has 2 aromatic carbocycles. The van der Waals surface area contributed by atoms with Crippen LogP contribution in [0.5, 0.6) is 0 Å². The molecule has 2 aromatic heterocycles. The maximum absolute atomic E-state index is 12.6. The van der Waals surface area contributed by atoms with Crippen molar-refractivity contribution in [3.8, 4) is 5.69 Å². The molecule has 0 saturated carbocycles. The first kappa shape index (κ1) is 15.3. The number of aromatic nitrogens is 3. The standard InChI is InChI=1S/C20H17N3O2/c1-3-25-20(24)17-13(2)23(14-9-5-4-6-10-14)19-15-11-7-8-12-16(15)21-22-18(17)19/h4-12H,3H2,1-2H3. The van der Waals surface area contributed by atoms with Crippen molar-refractivity contribution in [1.82, 2.24) is 14.8 Å². The topological polar surface area (TPSA) is 57.0 Å². The second kappa shape index (κ2) is 6.02. The summed E-state index contributed by atoms with van der Waals surface area (Å²) < 4.78 is 7.31. The van der Waals surface area contributed by atoms with E-state index in [1.165, 1.54) is 0 Å². The summed E-state index contributed by atoms with van der Waals surface area (Å²) in [6.45, 7) is 4.03. The van der Waals surface area contributed by atoms with Gasteiger partial charge in [0, 0.05) is 16.8 Å². The Morgan fingerprint density at radius 3 is 2.52 bits per heavy atom. The Labute approximate surface area is 144 Å². The van der Waals surface area contributed by atoms with Crippen molar-refractivity contribution in [2.45, 2.75) is 13.8 Å². The normalized spacial score (nSPS) is 11.1. The van der Waals surface area contributed by atoms with Gasteiger partial charge >= 0.3 is 5.97 Å². The predicted molar refractivity (Wildman–Crippen MR) is 97.1 cm³/mol.